The predicted octanol–water partition coefficient (Wildman–Crippen LogP) is 6.36. The second-order valence-corrected chi connectivity index (χ2v) is 13.0. The SMILES string of the molecule is CCC(C(=O)NC1CCCC1)N(Cc1ccccc1Cl)C(=O)CN(c1cccc(C)c1)S(=O)(=O)c1ccc(Cl)cc1. The molecule has 1 fully saturated rings. The lowest BCUT2D eigenvalue weighted by Gasteiger charge is -2.34. The maximum absolute atomic E-state index is 14.2. The first-order valence-electron chi connectivity index (χ1n) is 13.8. The molecule has 1 atom stereocenters. The molecule has 0 spiro atoms. The third kappa shape index (κ3) is 7.61. The number of halogens is 2. The molecule has 0 radical (unpaired) electrons. The van der Waals surface area contributed by atoms with Crippen molar-refractivity contribution in [3.8, 4) is 0 Å². The van der Waals surface area contributed by atoms with Gasteiger partial charge in [0, 0.05) is 22.6 Å². The van der Waals surface area contributed by atoms with Crippen LogP contribution in [0.1, 0.15) is 50.2 Å². The molecule has 0 saturated heterocycles. The first kappa shape index (κ1) is 30.9. The monoisotopic (exact) mass is 615 g/mol. The molecule has 3 aromatic rings. The molecule has 0 bridgehead atoms. The van der Waals surface area contributed by atoms with Crippen LogP contribution in [0.5, 0.6) is 0 Å². The number of hydrogen-bond donors (Lipinski definition) is 1. The minimum atomic E-state index is -4.17. The van der Waals surface area contributed by atoms with Gasteiger partial charge in [0.1, 0.15) is 12.6 Å². The molecular weight excluding hydrogens is 581 g/mol. The van der Waals surface area contributed by atoms with E-state index in [4.69, 9.17) is 23.2 Å². The Balaban J connectivity index is 1.72. The van der Waals surface area contributed by atoms with Crippen LogP contribution < -0.4 is 9.62 Å². The van der Waals surface area contributed by atoms with E-state index in [9.17, 15) is 18.0 Å². The van der Waals surface area contributed by atoms with Crippen molar-refractivity contribution in [1.29, 1.82) is 0 Å². The number of anilines is 1. The number of carbonyl (C=O) groups excluding carboxylic acids is 2. The summed E-state index contributed by atoms with van der Waals surface area (Å²) in [6.45, 7) is 3.24. The van der Waals surface area contributed by atoms with E-state index < -0.39 is 28.5 Å². The zero-order valence-corrected chi connectivity index (χ0v) is 25.6. The first-order valence-corrected chi connectivity index (χ1v) is 16.0. The van der Waals surface area contributed by atoms with Gasteiger partial charge in [0.2, 0.25) is 11.8 Å². The number of nitrogens with one attached hydrogen (secondary N) is 1. The average molecular weight is 617 g/mol. The number of rotatable bonds is 11. The Morgan fingerprint density at radius 3 is 2.29 bits per heavy atom. The van der Waals surface area contributed by atoms with E-state index in [1.807, 2.05) is 26.0 Å². The largest absolute Gasteiger partial charge is 0.352 e. The maximum atomic E-state index is 14.2. The Hall–Kier alpha value is -3.07. The highest BCUT2D eigenvalue weighted by molar-refractivity contribution is 7.92. The maximum Gasteiger partial charge on any atom is 0.264 e. The number of nitrogens with zero attached hydrogens (tertiary/aromatic N) is 2. The lowest BCUT2D eigenvalue weighted by atomic mass is 10.1. The molecule has 2 amide bonds. The number of sulfonamides is 1. The summed E-state index contributed by atoms with van der Waals surface area (Å²) in [5.41, 5.74) is 1.84. The number of benzene rings is 3. The molecule has 218 valence electrons. The fourth-order valence-electron chi connectivity index (χ4n) is 5.14. The van der Waals surface area contributed by atoms with Crippen molar-refractivity contribution < 1.29 is 18.0 Å². The van der Waals surface area contributed by atoms with E-state index in [1.54, 1.807) is 36.4 Å². The van der Waals surface area contributed by atoms with Gasteiger partial charge in [0.25, 0.3) is 10.0 Å². The number of hydrogen-bond acceptors (Lipinski definition) is 4. The van der Waals surface area contributed by atoms with Crippen molar-refractivity contribution in [2.45, 2.75) is 69.5 Å². The summed E-state index contributed by atoms with van der Waals surface area (Å²) >= 11 is 12.5. The molecule has 1 unspecified atom stereocenters. The number of amides is 2. The van der Waals surface area contributed by atoms with Gasteiger partial charge in [-0.25, -0.2) is 8.42 Å². The van der Waals surface area contributed by atoms with Crippen LogP contribution in [0.4, 0.5) is 5.69 Å². The summed E-state index contributed by atoms with van der Waals surface area (Å²) in [6.07, 6.45) is 4.27. The molecule has 10 heteroatoms. The summed E-state index contributed by atoms with van der Waals surface area (Å²) in [5, 5.41) is 3.96. The van der Waals surface area contributed by atoms with Crippen LogP contribution in [0.3, 0.4) is 0 Å². The predicted molar refractivity (Wildman–Crippen MR) is 164 cm³/mol. The van der Waals surface area contributed by atoms with Gasteiger partial charge < -0.3 is 10.2 Å². The molecule has 1 N–H and O–H groups in total. The van der Waals surface area contributed by atoms with Gasteiger partial charge in [0.05, 0.1) is 10.6 Å². The number of carbonyl (C=O) groups is 2. The highest BCUT2D eigenvalue weighted by Gasteiger charge is 2.34. The zero-order chi connectivity index (χ0) is 29.6. The van der Waals surface area contributed by atoms with E-state index in [2.05, 4.69) is 5.32 Å². The van der Waals surface area contributed by atoms with Crippen LogP contribution in [-0.4, -0.2) is 43.8 Å². The molecule has 1 saturated carbocycles. The summed E-state index contributed by atoms with van der Waals surface area (Å²) in [6, 6.07) is 19.2. The Morgan fingerprint density at radius 1 is 0.976 bits per heavy atom. The minimum Gasteiger partial charge on any atom is -0.352 e. The van der Waals surface area contributed by atoms with Crippen molar-refractivity contribution in [1.82, 2.24) is 10.2 Å². The van der Waals surface area contributed by atoms with Crippen LogP contribution in [0.15, 0.2) is 77.7 Å². The Morgan fingerprint density at radius 2 is 1.66 bits per heavy atom. The average Bonchev–Trinajstić information content (AvgIpc) is 3.45. The normalized spacial score (nSPS) is 14.4. The standard InChI is InChI=1S/C31H35Cl2N3O4S/c1-3-29(31(38)34-25-11-5-6-12-25)35(20-23-10-4-7-14-28(23)33)30(37)21-36(26-13-8-9-22(2)19-26)41(39,40)27-17-15-24(32)16-18-27/h4,7-10,13-19,25,29H,3,5-6,11-12,20-21H2,1-2H3,(H,34,38). The lowest BCUT2D eigenvalue weighted by Crippen LogP contribution is -2.53. The molecular formula is C31H35Cl2N3O4S. The van der Waals surface area contributed by atoms with Crippen molar-refractivity contribution in [3.63, 3.8) is 0 Å². The fraction of sp³-hybridized carbons (Fsp3) is 0.355. The molecule has 1 aliphatic carbocycles. The molecule has 41 heavy (non-hydrogen) atoms. The second-order valence-electron chi connectivity index (χ2n) is 10.3. The van der Waals surface area contributed by atoms with Gasteiger partial charge in [-0.1, -0.05) is 73.3 Å². The fourth-order valence-corrected chi connectivity index (χ4v) is 6.87. The lowest BCUT2D eigenvalue weighted by molar-refractivity contribution is -0.140. The van der Waals surface area contributed by atoms with Crippen LogP contribution >= 0.6 is 23.2 Å². The topological polar surface area (TPSA) is 86.8 Å². The zero-order valence-electron chi connectivity index (χ0n) is 23.2. The molecule has 3 aromatic carbocycles. The van der Waals surface area contributed by atoms with E-state index in [1.165, 1.54) is 29.2 Å². The highest BCUT2D eigenvalue weighted by atomic mass is 35.5. The quantitative estimate of drug-likeness (QED) is 0.272. The summed E-state index contributed by atoms with van der Waals surface area (Å²) in [4.78, 5) is 29.1. The number of aryl methyl sites for hydroxylation is 1. The van der Waals surface area contributed by atoms with Crippen molar-refractivity contribution in [2.24, 2.45) is 0 Å². The Bertz CT molecular complexity index is 1470. The molecule has 7 nitrogen and oxygen atoms in total. The van der Waals surface area contributed by atoms with Crippen LogP contribution in [-0.2, 0) is 26.2 Å². The molecule has 0 aliphatic heterocycles. The van der Waals surface area contributed by atoms with Gasteiger partial charge in [0.15, 0.2) is 0 Å². The summed E-state index contributed by atoms with van der Waals surface area (Å²) in [5.74, 6) is -0.764. The summed E-state index contributed by atoms with van der Waals surface area (Å²) < 4.78 is 29.0. The van der Waals surface area contributed by atoms with Crippen molar-refractivity contribution >= 4 is 50.7 Å². The van der Waals surface area contributed by atoms with Gasteiger partial charge in [-0.15, -0.1) is 0 Å². The van der Waals surface area contributed by atoms with Gasteiger partial charge in [-0.3, -0.25) is 13.9 Å². The Labute approximate surface area is 252 Å². The van der Waals surface area contributed by atoms with Crippen LogP contribution in [0.2, 0.25) is 10.0 Å². The van der Waals surface area contributed by atoms with Crippen molar-refractivity contribution in [3.05, 3.63) is 94.0 Å². The van der Waals surface area contributed by atoms with Crippen LogP contribution in [0, 0.1) is 6.92 Å². The third-order valence-electron chi connectivity index (χ3n) is 7.36. The van der Waals surface area contributed by atoms with Gasteiger partial charge in [-0.05, 0) is 79.8 Å². The van der Waals surface area contributed by atoms with E-state index >= 15 is 0 Å². The molecule has 4 rings (SSSR count). The minimum absolute atomic E-state index is 0.000113. The Kier molecular flexibility index (Phi) is 10.3. The van der Waals surface area contributed by atoms with Crippen LogP contribution in [0.25, 0.3) is 0 Å². The van der Waals surface area contributed by atoms with Gasteiger partial charge in [-0.2, -0.15) is 0 Å². The van der Waals surface area contributed by atoms with Gasteiger partial charge >= 0.3 is 0 Å². The highest BCUT2D eigenvalue weighted by Crippen LogP contribution is 2.27. The third-order valence-corrected chi connectivity index (χ3v) is 9.76. The van der Waals surface area contributed by atoms with E-state index in [-0.39, 0.29) is 23.4 Å². The van der Waals surface area contributed by atoms with E-state index in [0.717, 1.165) is 35.6 Å². The molecule has 0 aromatic heterocycles. The van der Waals surface area contributed by atoms with Crippen molar-refractivity contribution in [2.75, 3.05) is 10.8 Å². The first-order chi connectivity index (χ1) is 19.6. The molecule has 0 heterocycles. The smallest absolute Gasteiger partial charge is 0.264 e. The second kappa shape index (κ2) is 13.7. The molecule has 1 aliphatic rings. The summed E-state index contributed by atoms with van der Waals surface area (Å²) in [7, 11) is -4.17. The van der Waals surface area contributed by atoms with E-state index in [0.29, 0.717) is 27.7 Å².